The van der Waals surface area contributed by atoms with E-state index in [1.165, 1.54) is 18.4 Å². The van der Waals surface area contributed by atoms with Crippen LogP contribution in [0.1, 0.15) is 73.9 Å². The number of fused-ring (bicyclic) bond motifs is 1. The summed E-state index contributed by atoms with van der Waals surface area (Å²) in [7, 11) is 0. The Bertz CT molecular complexity index is 1030. The van der Waals surface area contributed by atoms with Gasteiger partial charge in [-0.3, -0.25) is 4.79 Å². The number of H-pyrrole nitrogens is 1. The van der Waals surface area contributed by atoms with Crippen LogP contribution >= 0.6 is 0 Å². The highest BCUT2D eigenvalue weighted by atomic mass is 16.5. The van der Waals surface area contributed by atoms with E-state index >= 15 is 0 Å². The van der Waals surface area contributed by atoms with Gasteiger partial charge >= 0.3 is 0 Å². The van der Waals surface area contributed by atoms with Gasteiger partial charge in [-0.15, -0.1) is 0 Å². The molecule has 1 aromatic carbocycles. The maximum Gasteiger partial charge on any atom is 0.255 e. The smallest absolute Gasteiger partial charge is 0.255 e. The lowest BCUT2D eigenvalue weighted by molar-refractivity contribution is -0.116. The first-order chi connectivity index (χ1) is 15.5. The Labute approximate surface area is 190 Å². The van der Waals surface area contributed by atoms with Crippen molar-refractivity contribution in [2.24, 2.45) is 11.7 Å². The van der Waals surface area contributed by atoms with E-state index in [-0.39, 0.29) is 24.0 Å². The zero-order chi connectivity index (χ0) is 22.2. The Morgan fingerprint density at radius 1 is 1.09 bits per heavy atom. The van der Waals surface area contributed by atoms with Crippen LogP contribution in [-0.2, 0) is 4.79 Å². The molecule has 5 N–H and O–H groups in total. The number of carbonyl (C=O) groups excluding carboxylic acids is 1. The lowest BCUT2D eigenvalue weighted by Gasteiger charge is -2.31. The van der Waals surface area contributed by atoms with E-state index in [9.17, 15) is 4.79 Å². The molecule has 5 rings (SSSR count). The van der Waals surface area contributed by atoms with Crippen molar-refractivity contribution in [2.75, 3.05) is 6.61 Å². The minimum Gasteiger partial charge on any atom is -0.493 e. The molecule has 2 aromatic rings. The van der Waals surface area contributed by atoms with Crippen molar-refractivity contribution in [3.05, 3.63) is 58.5 Å². The first-order valence-electron chi connectivity index (χ1n) is 11.9. The quantitative estimate of drug-likeness (QED) is 0.554. The van der Waals surface area contributed by atoms with Crippen LogP contribution in [0, 0.1) is 12.8 Å². The number of hydrogen-bond donors (Lipinski definition) is 4. The largest absolute Gasteiger partial charge is 0.493 e. The number of carbonyl (C=O) groups is 1. The summed E-state index contributed by atoms with van der Waals surface area (Å²) in [5, 5.41) is 6.87. The molecule has 1 aromatic heterocycles. The average molecular weight is 435 g/mol. The number of aromatic amines is 1. The van der Waals surface area contributed by atoms with E-state index < -0.39 is 0 Å². The first-order valence-corrected chi connectivity index (χ1v) is 11.9. The standard InChI is InChI=1S/C26H34N4O2/c1-15-3-10-22(32-14-17-4-5-17)21(13-15)24-20-11-12-28-25(20)23(16(2)29-24)26(31)30-19-8-6-18(27)7-9-19/h3,10-13,17-19,24,28-29H,4-9,14,27H2,1-2H3,(H,30,31). The van der Waals surface area contributed by atoms with Crippen molar-refractivity contribution in [2.45, 2.75) is 70.5 Å². The first kappa shape index (κ1) is 21.1. The molecule has 6 heteroatoms. The number of aryl methyl sites for hydroxylation is 1. The zero-order valence-corrected chi connectivity index (χ0v) is 19.0. The van der Waals surface area contributed by atoms with Gasteiger partial charge in [0.05, 0.1) is 23.9 Å². The second-order valence-corrected chi connectivity index (χ2v) is 9.77. The second-order valence-electron chi connectivity index (χ2n) is 9.77. The molecule has 0 bridgehead atoms. The van der Waals surface area contributed by atoms with Crippen LogP contribution in [-0.4, -0.2) is 29.6 Å². The Morgan fingerprint density at radius 2 is 1.88 bits per heavy atom. The number of benzene rings is 1. The van der Waals surface area contributed by atoms with Crippen LogP contribution in [0.15, 0.2) is 36.2 Å². The Morgan fingerprint density at radius 3 is 2.62 bits per heavy atom. The summed E-state index contributed by atoms with van der Waals surface area (Å²) >= 11 is 0. The maximum absolute atomic E-state index is 13.3. The molecule has 0 radical (unpaired) electrons. The summed E-state index contributed by atoms with van der Waals surface area (Å²) in [4.78, 5) is 16.6. The van der Waals surface area contributed by atoms with Gasteiger partial charge in [0.2, 0.25) is 0 Å². The van der Waals surface area contributed by atoms with Gasteiger partial charge < -0.3 is 26.1 Å². The molecule has 1 amide bonds. The number of nitrogens with two attached hydrogens (primary N) is 1. The van der Waals surface area contributed by atoms with Gasteiger partial charge in [0.25, 0.3) is 5.91 Å². The van der Waals surface area contributed by atoms with Gasteiger partial charge in [0.1, 0.15) is 5.75 Å². The minimum absolute atomic E-state index is 0.0212. The normalized spacial score (nSPS) is 25.2. The van der Waals surface area contributed by atoms with Crippen LogP contribution in [0.5, 0.6) is 5.75 Å². The summed E-state index contributed by atoms with van der Waals surface area (Å²) in [5.74, 6) is 1.59. The van der Waals surface area contributed by atoms with Crippen LogP contribution in [0.2, 0.25) is 0 Å². The molecule has 170 valence electrons. The van der Waals surface area contributed by atoms with Crippen LogP contribution in [0.25, 0.3) is 5.57 Å². The molecule has 0 spiro atoms. The third-order valence-corrected chi connectivity index (χ3v) is 7.06. The monoisotopic (exact) mass is 434 g/mol. The molecule has 32 heavy (non-hydrogen) atoms. The van der Waals surface area contributed by atoms with E-state index in [0.29, 0.717) is 11.5 Å². The Hall–Kier alpha value is -2.73. The Balaban J connectivity index is 1.41. The molecule has 1 atom stereocenters. The van der Waals surface area contributed by atoms with Gasteiger partial charge in [-0.2, -0.15) is 0 Å². The van der Waals surface area contributed by atoms with Crippen LogP contribution < -0.4 is 21.1 Å². The molecule has 1 aliphatic heterocycles. The zero-order valence-electron chi connectivity index (χ0n) is 19.0. The molecule has 6 nitrogen and oxygen atoms in total. The van der Waals surface area contributed by atoms with E-state index in [1.807, 2.05) is 13.1 Å². The highest BCUT2D eigenvalue weighted by Gasteiger charge is 2.33. The molecule has 0 saturated heterocycles. The van der Waals surface area contributed by atoms with Gasteiger partial charge in [-0.05, 0) is 76.5 Å². The van der Waals surface area contributed by atoms with Crippen molar-refractivity contribution in [3.8, 4) is 5.75 Å². The minimum atomic E-state index is -0.0606. The number of nitrogens with one attached hydrogen (secondary N) is 3. The summed E-state index contributed by atoms with van der Waals surface area (Å²) in [6, 6.07) is 8.84. The van der Waals surface area contributed by atoms with Crippen molar-refractivity contribution in [1.82, 2.24) is 15.6 Å². The van der Waals surface area contributed by atoms with Gasteiger partial charge in [-0.25, -0.2) is 0 Å². The lowest BCUT2D eigenvalue weighted by atomic mass is 9.89. The fourth-order valence-electron chi connectivity index (χ4n) is 4.96. The van der Waals surface area contributed by atoms with Gasteiger partial charge in [0, 0.05) is 35.1 Å². The predicted molar refractivity (Wildman–Crippen MR) is 126 cm³/mol. The number of ether oxygens (including phenoxy) is 1. The van der Waals surface area contributed by atoms with E-state index in [0.717, 1.165) is 60.6 Å². The van der Waals surface area contributed by atoms with Gasteiger partial charge in [-0.1, -0.05) is 11.6 Å². The van der Waals surface area contributed by atoms with Crippen molar-refractivity contribution >= 4 is 11.5 Å². The molecular formula is C26H34N4O2. The van der Waals surface area contributed by atoms with E-state index in [4.69, 9.17) is 10.5 Å². The summed E-state index contributed by atoms with van der Waals surface area (Å²) in [6.07, 6.45) is 8.26. The van der Waals surface area contributed by atoms with Crippen LogP contribution in [0.3, 0.4) is 0 Å². The predicted octanol–water partition coefficient (Wildman–Crippen LogP) is 3.92. The topological polar surface area (TPSA) is 92.2 Å². The summed E-state index contributed by atoms with van der Waals surface area (Å²) in [5.41, 5.74) is 11.9. The van der Waals surface area contributed by atoms with Crippen molar-refractivity contribution in [3.63, 3.8) is 0 Å². The second kappa shape index (κ2) is 8.66. The van der Waals surface area contributed by atoms with E-state index in [2.05, 4.69) is 46.8 Å². The summed E-state index contributed by atoms with van der Waals surface area (Å²) in [6.45, 7) is 4.87. The SMILES string of the molecule is CC1=C(C(=O)NC2CCC(N)CC2)c2[nH]ccc2C(c2cc(C)ccc2OCC2CC2)N1. The number of amides is 1. The summed E-state index contributed by atoms with van der Waals surface area (Å²) < 4.78 is 6.22. The Kier molecular flexibility index (Phi) is 5.72. The molecular weight excluding hydrogens is 400 g/mol. The van der Waals surface area contributed by atoms with Crippen LogP contribution in [0.4, 0.5) is 0 Å². The molecule has 3 aliphatic rings. The number of hydrogen-bond acceptors (Lipinski definition) is 4. The molecule has 2 fully saturated rings. The van der Waals surface area contributed by atoms with Crippen molar-refractivity contribution < 1.29 is 9.53 Å². The molecule has 1 unspecified atom stereocenters. The molecule has 2 aliphatic carbocycles. The third kappa shape index (κ3) is 4.29. The highest BCUT2D eigenvalue weighted by Crippen LogP contribution is 2.40. The van der Waals surface area contributed by atoms with E-state index in [1.54, 1.807) is 0 Å². The third-order valence-electron chi connectivity index (χ3n) is 7.06. The average Bonchev–Trinajstić information content (AvgIpc) is 3.48. The van der Waals surface area contributed by atoms with Crippen molar-refractivity contribution in [1.29, 1.82) is 0 Å². The molecule has 2 heterocycles. The number of rotatable bonds is 6. The fourth-order valence-corrected chi connectivity index (χ4v) is 4.96. The lowest BCUT2D eigenvalue weighted by Crippen LogP contribution is -2.42. The number of aromatic nitrogens is 1. The fraction of sp³-hybridized carbons (Fsp3) is 0.500. The maximum atomic E-state index is 13.3. The van der Waals surface area contributed by atoms with Gasteiger partial charge in [0.15, 0.2) is 0 Å². The number of allylic oxidation sites excluding steroid dienone is 1. The molecule has 2 saturated carbocycles. The highest BCUT2D eigenvalue weighted by molar-refractivity contribution is 6.20.